The summed E-state index contributed by atoms with van der Waals surface area (Å²) in [4.78, 5) is 44.7. The van der Waals surface area contributed by atoms with Crippen LogP contribution in [0.2, 0.25) is 0 Å². The SMILES string of the molecule is CC[C@H]1OC(=O)[C@H](C)C(=O)[C@H](C)[C@@H](O[C@H]2O[C@H](C)C[C@H](N(C)C)[C@H]2O)[C@@]2(C)C[C@@H](C)[C@H](O)[C@H](C)C(OC/C(=N\OCc3ccc(-c4nc(N)cs4)cn3)CO2)[C@]1(C)O. The second kappa shape index (κ2) is 19.1. The standard InChI is InChI=1S/C41H63N5O11S/c1-11-30-41(8,51)36-23(4)32(47)21(2)15-40(7,53-18-28(17-52-36)45-54-19-27-13-12-26(16-43-27)37-44-31(42)20-58-37)35(24(5)33(48)25(6)38(50)56-30)57-39-34(49)29(46(9)10)14-22(3)55-39/h12-13,16,20-25,29-30,32,34-36,39,47,49,51H,11,14-15,17-19,42H2,1-10H3/b45-28+/t21-,22-,23+,24+,25-,29+,30-,32+,34-,35-,36?,39-,40-,41-/m1/s1. The van der Waals surface area contributed by atoms with Crippen LogP contribution in [-0.2, 0) is 44.7 Å². The number of anilines is 1. The fourth-order valence-electron chi connectivity index (χ4n) is 8.63. The van der Waals surface area contributed by atoms with E-state index in [4.69, 9.17) is 34.3 Å². The molecule has 17 heteroatoms. The Labute approximate surface area is 345 Å². The molecule has 3 saturated heterocycles. The number of carbonyl (C=O) groups excluding carboxylic acids is 2. The van der Waals surface area contributed by atoms with Crippen molar-refractivity contribution < 1.29 is 53.4 Å². The van der Waals surface area contributed by atoms with Crippen molar-refractivity contribution in [1.82, 2.24) is 14.9 Å². The summed E-state index contributed by atoms with van der Waals surface area (Å²) in [6, 6.07) is 3.35. The van der Waals surface area contributed by atoms with Gasteiger partial charge in [0.15, 0.2) is 18.7 Å². The van der Waals surface area contributed by atoms with E-state index in [2.05, 4.69) is 15.1 Å². The number of cyclic esters (lactones) is 1. The van der Waals surface area contributed by atoms with E-state index in [1.54, 1.807) is 45.3 Å². The Morgan fingerprint density at radius 1 is 1.09 bits per heavy atom. The minimum atomic E-state index is -1.82. The minimum Gasteiger partial charge on any atom is -0.459 e. The van der Waals surface area contributed by atoms with Gasteiger partial charge in [0.2, 0.25) is 0 Å². The zero-order chi connectivity index (χ0) is 42.7. The van der Waals surface area contributed by atoms with Crippen LogP contribution in [0, 0.1) is 23.7 Å². The summed E-state index contributed by atoms with van der Waals surface area (Å²) in [5, 5.41) is 42.8. The maximum Gasteiger partial charge on any atom is 0.316 e. The average molecular weight is 834 g/mol. The topological polar surface area (TPSA) is 218 Å². The lowest BCUT2D eigenvalue weighted by Crippen LogP contribution is -2.60. The van der Waals surface area contributed by atoms with Gasteiger partial charge in [0, 0.05) is 35.0 Å². The molecule has 0 radical (unpaired) electrons. The van der Waals surface area contributed by atoms with Crippen LogP contribution < -0.4 is 5.73 Å². The van der Waals surface area contributed by atoms with Crippen LogP contribution >= 0.6 is 11.3 Å². The number of pyridine rings is 1. The molecule has 2 aromatic rings. The molecule has 1 unspecified atom stereocenters. The van der Waals surface area contributed by atoms with E-state index < -0.39 is 83.4 Å². The monoisotopic (exact) mass is 833 g/mol. The number of aliphatic hydroxyl groups excluding tert-OH is 2. The number of carbonyl (C=O) groups is 2. The van der Waals surface area contributed by atoms with E-state index >= 15 is 0 Å². The van der Waals surface area contributed by atoms with Gasteiger partial charge >= 0.3 is 5.97 Å². The van der Waals surface area contributed by atoms with Crippen LogP contribution in [0.1, 0.15) is 80.3 Å². The third-order valence-electron chi connectivity index (χ3n) is 12.0. The van der Waals surface area contributed by atoms with Gasteiger partial charge in [-0.1, -0.05) is 32.9 Å². The number of ether oxygens (including phenoxy) is 5. The number of nitrogen functional groups attached to an aromatic ring is 1. The molecular weight excluding hydrogens is 771 g/mol. The highest BCUT2D eigenvalue weighted by molar-refractivity contribution is 7.13. The van der Waals surface area contributed by atoms with Crippen LogP contribution in [0.5, 0.6) is 0 Å². The lowest BCUT2D eigenvalue weighted by molar-refractivity contribution is -0.297. The molecule has 14 atom stereocenters. The zero-order valence-corrected chi connectivity index (χ0v) is 36.2. The van der Waals surface area contributed by atoms with Crippen LogP contribution in [0.15, 0.2) is 28.9 Å². The third-order valence-corrected chi connectivity index (χ3v) is 12.9. The lowest BCUT2D eigenvalue weighted by Gasteiger charge is -2.48. The van der Waals surface area contributed by atoms with Crippen molar-refractivity contribution in [3.8, 4) is 10.6 Å². The van der Waals surface area contributed by atoms with Crippen LogP contribution in [-0.4, -0.2) is 135 Å². The van der Waals surface area contributed by atoms with E-state index in [0.29, 0.717) is 23.6 Å². The van der Waals surface area contributed by atoms with Crippen molar-refractivity contribution >= 4 is 34.6 Å². The normalized spacial score (nSPS) is 39.1. The van der Waals surface area contributed by atoms with Gasteiger partial charge in [-0.05, 0) is 79.1 Å². The van der Waals surface area contributed by atoms with Crippen molar-refractivity contribution in [2.24, 2.45) is 28.8 Å². The number of likely N-dealkylation sites (N-methyl/N-ethyl adjacent to an activating group) is 1. The van der Waals surface area contributed by atoms with Gasteiger partial charge in [-0.25, -0.2) is 4.98 Å². The summed E-state index contributed by atoms with van der Waals surface area (Å²) >= 11 is 1.42. The number of oxime groups is 1. The molecule has 0 aromatic carbocycles. The second-order valence-corrected chi connectivity index (χ2v) is 17.9. The Morgan fingerprint density at radius 2 is 1.81 bits per heavy atom. The number of fused-ring (bicyclic) bond motifs is 5. The fraction of sp³-hybridized carbons (Fsp3) is 0.732. The van der Waals surface area contributed by atoms with Gasteiger partial charge in [0.05, 0.1) is 48.9 Å². The number of Topliss-reactive ketones (excluding diaryl/α,β-unsaturated/α-hetero) is 1. The Bertz CT molecular complexity index is 1730. The first kappa shape index (κ1) is 45.9. The number of nitrogens with two attached hydrogens (primary N) is 1. The molecule has 0 amide bonds. The van der Waals surface area contributed by atoms with Gasteiger partial charge in [-0.2, -0.15) is 0 Å². The average Bonchev–Trinajstić information content (AvgIpc) is 3.62. The summed E-state index contributed by atoms with van der Waals surface area (Å²) in [7, 11) is 3.73. The molecule has 58 heavy (non-hydrogen) atoms. The minimum absolute atomic E-state index is 0.000491. The Kier molecular flexibility index (Phi) is 15.1. The third kappa shape index (κ3) is 10.2. The van der Waals surface area contributed by atoms with Crippen LogP contribution in [0.3, 0.4) is 0 Å². The number of nitrogens with zero attached hydrogens (tertiary/aromatic N) is 4. The number of aliphatic hydroxyl groups is 3. The maximum absolute atomic E-state index is 14.4. The number of esters is 1. The van der Waals surface area contributed by atoms with Crippen molar-refractivity contribution in [2.75, 3.05) is 33.0 Å². The molecule has 0 aliphatic carbocycles. The predicted molar refractivity (Wildman–Crippen MR) is 216 cm³/mol. The van der Waals surface area contributed by atoms with Gasteiger partial charge in [-0.15, -0.1) is 11.3 Å². The number of hydrogen-bond donors (Lipinski definition) is 4. The largest absolute Gasteiger partial charge is 0.459 e. The molecule has 2 bridgehead atoms. The van der Waals surface area contributed by atoms with Crippen LogP contribution in [0.4, 0.5) is 5.82 Å². The first-order valence-corrected chi connectivity index (χ1v) is 21.0. The summed E-state index contributed by atoms with van der Waals surface area (Å²) in [5.41, 5.74) is 4.29. The van der Waals surface area contributed by atoms with Crippen molar-refractivity contribution in [3.05, 3.63) is 29.4 Å². The molecule has 3 aliphatic heterocycles. The van der Waals surface area contributed by atoms with Crippen LogP contribution in [0.25, 0.3) is 10.6 Å². The molecule has 5 N–H and O–H groups in total. The number of hydrogen-bond acceptors (Lipinski definition) is 17. The smallest absolute Gasteiger partial charge is 0.316 e. The molecule has 5 rings (SSSR count). The Hall–Kier alpha value is -3.13. The predicted octanol–water partition coefficient (Wildman–Crippen LogP) is 3.60. The lowest BCUT2D eigenvalue weighted by atomic mass is 9.73. The number of thiazole rings is 1. The molecule has 5 heterocycles. The van der Waals surface area contributed by atoms with E-state index in [1.165, 1.54) is 25.2 Å². The molecule has 2 aromatic heterocycles. The van der Waals surface area contributed by atoms with E-state index in [9.17, 15) is 24.9 Å². The first-order valence-electron chi connectivity index (χ1n) is 20.2. The molecule has 0 saturated carbocycles. The van der Waals surface area contributed by atoms with E-state index in [1.807, 2.05) is 38.9 Å². The Morgan fingerprint density at radius 3 is 2.43 bits per heavy atom. The van der Waals surface area contributed by atoms with Crippen molar-refractivity contribution in [2.45, 2.75) is 141 Å². The van der Waals surface area contributed by atoms with Gasteiger partial charge in [-0.3, -0.25) is 14.6 Å². The zero-order valence-electron chi connectivity index (χ0n) is 35.4. The molecule has 16 nitrogen and oxygen atoms in total. The molecule has 0 spiro atoms. The van der Waals surface area contributed by atoms with Gasteiger partial charge in [0.25, 0.3) is 0 Å². The highest BCUT2D eigenvalue weighted by Crippen LogP contribution is 2.40. The number of rotatable bonds is 8. The molecule has 3 fully saturated rings. The summed E-state index contributed by atoms with van der Waals surface area (Å²) < 4.78 is 32.1. The van der Waals surface area contributed by atoms with E-state index in [0.717, 1.165) is 10.6 Å². The van der Waals surface area contributed by atoms with Crippen molar-refractivity contribution in [3.63, 3.8) is 0 Å². The molecule has 3 aliphatic rings. The number of aromatic nitrogens is 2. The summed E-state index contributed by atoms with van der Waals surface area (Å²) in [6.45, 7) is 13.3. The number of ketones is 1. The highest BCUT2D eigenvalue weighted by Gasteiger charge is 2.53. The fourth-order valence-corrected chi connectivity index (χ4v) is 9.33. The van der Waals surface area contributed by atoms with Crippen molar-refractivity contribution in [1.29, 1.82) is 0 Å². The molecular formula is C41H63N5O11S. The first-order chi connectivity index (χ1) is 27.3. The Balaban J connectivity index is 1.56. The molecule has 324 valence electrons. The summed E-state index contributed by atoms with van der Waals surface area (Å²) in [5.74, 6) is -4.34. The van der Waals surface area contributed by atoms with Gasteiger partial charge < -0.3 is 54.5 Å². The van der Waals surface area contributed by atoms with Gasteiger partial charge in [0.1, 0.15) is 40.3 Å². The maximum atomic E-state index is 14.4. The van der Waals surface area contributed by atoms with E-state index in [-0.39, 0.29) is 44.8 Å². The summed E-state index contributed by atoms with van der Waals surface area (Å²) in [6.07, 6.45) is -4.35. The second-order valence-electron chi connectivity index (χ2n) is 17.0. The quantitative estimate of drug-likeness (QED) is 0.170. The highest BCUT2D eigenvalue weighted by atomic mass is 32.1.